The zero-order valence-electron chi connectivity index (χ0n) is 13.9. The van der Waals surface area contributed by atoms with E-state index in [1.165, 1.54) is 21.7 Å². The van der Waals surface area contributed by atoms with Gasteiger partial charge in [0.05, 0.1) is 17.8 Å². The number of fused-ring (bicyclic) bond motifs is 3. The lowest BCUT2D eigenvalue weighted by atomic mass is 9.78. The van der Waals surface area contributed by atoms with E-state index in [1.54, 1.807) is 0 Å². The number of benzene rings is 1. The first-order valence-electron chi connectivity index (χ1n) is 8.42. The van der Waals surface area contributed by atoms with E-state index in [2.05, 4.69) is 67.9 Å². The Balaban J connectivity index is 1.80. The monoisotopic (exact) mass is 325 g/mol. The Hall–Kier alpha value is -1.74. The van der Waals surface area contributed by atoms with Crippen molar-refractivity contribution in [2.45, 2.75) is 45.3 Å². The molecule has 1 aromatic heterocycles. The van der Waals surface area contributed by atoms with Crippen LogP contribution in [0.5, 0.6) is 5.75 Å². The van der Waals surface area contributed by atoms with Gasteiger partial charge in [0.2, 0.25) is 0 Å². The average molecular weight is 325 g/mol. The topological polar surface area (TPSA) is 21.3 Å². The summed E-state index contributed by atoms with van der Waals surface area (Å²) >= 11 is 1.87. The molecule has 3 heteroatoms. The molecule has 23 heavy (non-hydrogen) atoms. The smallest absolute Gasteiger partial charge is 0.143 e. The molecule has 2 nitrogen and oxygen atoms in total. The molecule has 120 valence electrons. The molecule has 0 fully saturated rings. The van der Waals surface area contributed by atoms with Crippen LogP contribution >= 0.6 is 11.3 Å². The number of nitrogens with one attached hydrogen (secondary N) is 1. The third-order valence-corrected chi connectivity index (χ3v) is 6.01. The first-order chi connectivity index (χ1) is 11.1. The molecule has 2 aliphatic rings. The standard InChI is InChI=1S/C20H23NOS/c1-12(2)22-17-9-5-8-15-14-6-4-7-16(14)19(21-18(15)17)20-13(3)10-11-23-20/h4-6,8-12,14,16,19,21H,7H2,1-3H3. The lowest BCUT2D eigenvalue weighted by Gasteiger charge is -2.38. The maximum Gasteiger partial charge on any atom is 0.143 e. The molecule has 2 heterocycles. The van der Waals surface area contributed by atoms with Crippen molar-refractivity contribution in [2.24, 2.45) is 5.92 Å². The van der Waals surface area contributed by atoms with E-state index in [1.807, 2.05) is 11.3 Å². The van der Waals surface area contributed by atoms with Crippen LogP contribution in [0.15, 0.2) is 41.8 Å². The van der Waals surface area contributed by atoms with Crippen LogP contribution in [-0.2, 0) is 0 Å². The van der Waals surface area contributed by atoms with Gasteiger partial charge in [-0.3, -0.25) is 0 Å². The molecule has 1 N–H and O–H groups in total. The Bertz CT molecular complexity index is 746. The van der Waals surface area contributed by atoms with Crippen LogP contribution in [0.1, 0.15) is 48.2 Å². The van der Waals surface area contributed by atoms with Crippen molar-refractivity contribution in [1.82, 2.24) is 0 Å². The highest BCUT2D eigenvalue weighted by Crippen LogP contribution is 2.53. The highest BCUT2D eigenvalue weighted by Gasteiger charge is 2.39. The van der Waals surface area contributed by atoms with Crippen molar-refractivity contribution in [3.63, 3.8) is 0 Å². The fourth-order valence-electron chi connectivity index (χ4n) is 3.91. The van der Waals surface area contributed by atoms with Gasteiger partial charge in [0, 0.05) is 10.8 Å². The molecule has 0 spiro atoms. The quantitative estimate of drug-likeness (QED) is 0.734. The number of para-hydroxylation sites is 1. The molecule has 1 aromatic carbocycles. The predicted molar refractivity (Wildman–Crippen MR) is 97.6 cm³/mol. The molecule has 0 saturated heterocycles. The summed E-state index contributed by atoms with van der Waals surface area (Å²) in [4.78, 5) is 1.47. The summed E-state index contributed by atoms with van der Waals surface area (Å²) in [6.07, 6.45) is 6.06. The molecule has 0 radical (unpaired) electrons. The van der Waals surface area contributed by atoms with Gasteiger partial charge < -0.3 is 10.1 Å². The summed E-state index contributed by atoms with van der Waals surface area (Å²) in [5.74, 6) is 2.08. The van der Waals surface area contributed by atoms with Gasteiger partial charge in [0.15, 0.2) is 0 Å². The van der Waals surface area contributed by atoms with Crippen molar-refractivity contribution in [3.05, 3.63) is 57.8 Å². The number of anilines is 1. The molecule has 3 unspecified atom stereocenters. The maximum atomic E-state index is 6.07. The number of ether oxygens (including phenoxy) is 1. The molecule has 0 saturated carbocycles. The number of hydrogen-bond acceptors (Lipinski definition) is 3. The van der Waals surface area contributed by atoms with E-state index < -0.39 is 0 Å². The first kappa shape index (κ1) is 14.8. The molecular formula is C20H23NOS. The van der Waals surface area contributed by atoms with Crippen LogP contribution in [0.2, 0.25) is 0 Å². The first-order valence-corrected chi connectivity index (χ1v) is 9.30. The van der Waals surface area contributed by atoms with Gasteiger partial charge in [0.1, 0.15) is 5.75 Å². The number of thiophene rings is 1. The summed E-state index contributed by atoms with van der Waals surface area (Å²) < 4.78 is 6.07. The number of hydrogen-bond donors (Lipinski definition) is 1. The Morgan fingerprint density at radius 1 is 1.26 bits per heavy atom. The Labute approximate surface area is 142 Å². The molecule has 4 rings (SSSR count). The van der Waals surface area contributed by atoms with Gasteiger partial charge in [-0.05, 0) is 61.7 Å². The van der Waals surface area contributed by atoms with Gasteiger partial charge in [-0.15, -0.1) is 11.3 Å². The largest absolute Gasteiger partial charge is 0.489 e. The van der Waals surface area contributed by atoms with E-state index in [0.29, 0.717) is 17.9 Å². The SMILES string of the molecule is Cc1ccsc1C1Nc2c(OC(C)C)cccc2C2C=CCC21. The summed E-state index contributed by atoms with van der Waals surface area (Å²) in [6, 6.07) is 9.06. The lowest BCUT2D eigenvalue weighted by Crippen LogP contribution is -2.29. The van der Waals surface area contributed by atoms with Gasteiger partial charge in [-0.2, -0.15) is 0 Å². The number of allylic oxidation sites excluding steroid dienone is 2. The van der Waals surface area contributed by atoms with Gasteiger partial charge >= 0.3 is 0 Å². The van der Waals surface area contributed by atoms with Crippen LogP contribution in [0.25, 0.3) is 0 Å². The molecule has 1 aliphatic carbocycles. The highest BCUT2D eigenvalue weighted by atomic mass is 32.1. The Morgan fingerprint density at radius 3 is 2.87 bits per heavy atom. The molecular weight excluding hydrogens is 302 g/mol. The van der Waals surface area contributed by atoms with Crippen molar-refractivity contribution in [3.8, 4) is 5.75 Å². The van der Waals surface area contributed by atoms with E-state index in [9.17, 15) is 0 Å². The lowest BCUT2D eigenvalue weighted by molar-refractivity contribution is 0.242. The predicted octanol–water partition coefficient (Wildman–Crippen LogP) is 5.67. The Kier molecular flexibility index (Phi) is 3.68. The van der Waals surface area contributed by atoms with Crippen LogP contribution in [0, 0.1) is 12.8 Å². The normalized spacial score (nSPS) is 25.1. The summed E-state index contributed by atoms with van der Waals surface area (Å²) in [6.45, 7) is 6.39. The van der Waals surface area contributed by atoms with Crippen LogP contribution in [-0.4, -0.2) is 6.10 Å². The van der Waals surface area contributed by atoms with E-state index >= 15 is 0 Å². The Morgan fingerprint density at radius 2 is 2.13 bits per heavy atom. The zero-order chi connectivity index (χ0) is 16.0. The average Bonchev–Trinajstić information content (AvgIpc) is 3.15. The third-order valence-electron chi connectivity index (χ3n) is 4.91. The molecule has 1 aliphatic heterocycles. The fourth-order valence-corrected chi connectivity index (χ4v) is 4.96. The number of aryl methyl sites for hydroxylation is 1. The minimum Gasteiger partial charge on any atom is -0.489 e. The molecule has 0 amide bonds. The minimum absolute atomic E-state index is 0.182. The highest BCUT2D eigenvalue weighted by molar-refractivity contribution is 7.10. The van der Waals surface area contributed by atoms with Gasteiger partial charge in [0.25, 0.3) is 0 Å². The summed E-state index contributed by atoms with van der Waals surface area (Å²) in [5.41, 5.74) is 3.96. The molecule has 0 bridgehead atoms. The molecule has 3 atom stereocenters. The second kappa shape index (κ2) is 5.72. The van der Waals surface area contributed by atoms with Gasteiger partial charge in [-0.1, -0.05) is 24.3 Å². The van der Waals surface area contributed by atoms with Crippen LogP contribution in [0.3, 0.4) is 0 Å². The van der Waals surface area contributed by atoms with Gasteiger partial charge in [-0.25, -0.2) is 0 Å². The van der Waals surface area contributed by atoms with E-state index in [4.69, 9.17) is 4.74 Å². The minimum atomic E-state index is 0.182. The summed E-state index contributed by atoms with van der Waals surface area (Å²) in [5, 5.41) is 6.04. The zero-order valence-corrected chi connectivity index (χ0v) is 14.7. The maximum absolute atomic E-state index is 6.07. The molecule has 2 aromatic rings. The summed E-state index contributed by atoms with van der Waals surface area (Å²) in [7, 11) is 0. The van der Waals surface area contributed by atoms with Crippen LogP contribution in [0.4, 0.5) is 5.69 Å². The fraction of sp³-hybridized carbons (Fsp3) is 0.400. The van der Waals surface area contributed by atoms with E-state index in [0.717, 1.165) is 12.2 Å². The van der Waals surface area contributed by atoms with Crippen LogP contribution < -0.4 is 10.1 Å². The van der Waals surface area contributed by atoms with Crippen molar-refractivity contribution in [1.29, 1.82) is 0 Å². The second-order valence-corrected chi connectivity index (χ2v) is 7.78. The van der Waals surface area contributed by atoms with Crippen molar-refractivity contribution < 1.29 is 4.74 Å². The van der Waals surface area contributed by atoms with Crippen molar-refractivity contribution >= 4 is 17.0 Å². The third kappa shape index (κ3) is 2.47. The van der Waals surface area contributed by atoms with Crippen molar-refractivity contribution in [2.75, 3.05) is 5.32 Å². The second-order valence-electron chi connectivity index (χ2n) is 6.83. The van der Waals surface area contributed by atoms with E-state index in [-0.39, 0.29) is 6.10 Å². The number of rotatable bonds is 3.